The van der Waals surface area contributed by atoms with Crippen LogP contribution < -0.4 is 10.1 Å². The predicted octanol–water partition coefficient (Wildman–Crippen LogP) is 3.28. The Balaban J connectivity index is 1.69. The van der Waals surface area contributed by atoms with Gasteiger partial charge in [0.05, 0.1) is 0 Å². The molecule has 1 N–H and O–H groups in total. The molecular formula is C17H16F2N2O. The normalized spacial score (nSPS) is 14.2. The first-order valence-electron chi connectivity index (χ1n) is 7.18. The molecule has 3 rings (SSSR count). The summed E-state index contributed by atoms with van der Waals surface area (Å²) < 4.78 is 32.4. The Morgan fingerprint density at radius 3 is 2.59 bits per heavy atom. The minimum Gasteiger partial charge on any atom is -0.486 e. The first-order chi connectivity index (χ1) is 10.7. The third-order valence-electron chi connectivity index (χ3n) is 3.41. The lowest BCUT2D eigenvalue weighted by atomic mass is 10.1. The molecule has 0 fully saturated rings. The van der Waals surface area contributed by atoms with Crippen LogP contribution in [0.15, 0.2) is 47.5 Å². The van der Waals surface area contributed by atoms with Crippen LogP contribution in [0, 0.1) is 11.6 Å². The van der Waals surface area contributed by atoms with Crippen molar-refractivity contribution in [1.29, 1.82) is 0 Å². The second-order valence-electron chi connectivity index (χ2n) is 5.07. The van der Waals surface area contributed by atoms with Crippen molar-refractivity contribution in [2.45, 2.75) is 13.0 Å². The Bertz CT molecular complexity index is 684. The number of ether oxygens (including phenoxy) is 1. The zero-order chi connectivity index (χ0) is 15.4. The highest BCUT2D eigenvalue weighted by Gasteiger charge is 2.11. The van der Waals surface area contributed by atoms with Crippen LogP contribution in [0.25, 0.3) is 0 Å². The largest absolute Gasteiger partial charge is 0.486 e. The molecule has 0 amide bonds. The van der Waals surface area contributed by atoms with Gasteiger partial charge < -0.3 is 10.1 Å². The molecule has 1 heterocycles. The van der Waals surface area contributed by atoms with Crippen LogP contribution in [0.3, 0.4) is 0 Å². The summed E-state index contributed by atoms with van der Waals surface area (Å²) in [5.41, 5.74) is 1.49. The standard InChI is InChI=1S/C17H16F2N2O/c18-14-5-2-12(3-6-14)11-22-16-7-4-13(10-15(16)19)17-20-8-1-9-21-17/h2-7,10H,1,8-9,11H2,(H,20,21). The van der Waals surface area contributed by atoms with E-state index in [9.17, 15) is 8.78 Å². The molecule has 1 aliphatic heterocycles. The zero-order valence-electron chi connectivity index (χ0n) is 12.0. The fraction of sp³-hybridized carbons (Fsp3) is 0.235. The number of hydrogen-bond acceptors (Lipinski definition) is 3. The number of nitrogens with zero attached hydrogens (tertiary/aromatic N) is 1. The molecule has 114 valence electrons. The molecule has 2 aromatic rings. The molecule has 2 aromatic carbocycles. The van der Waals surface area contributed by atoms with E-state index in [4.69, 9.17) is 4.74 Å². The van der Waals surface area contributed by atoms with Gasteiger partial charge in [-0.25, -0.2) is 8.78 Å². The highest BCUT2D eigenvalue weighted by Crippen LogP contribution is 2.20. The van der Waals surface area contributed by atoms with Crippen molar-refractivity contribution in [1.82, 2.24) is 5.32 Å². The number of nitrogens with one attached hydrogen (secondary N) is 1. The van der Waals surface area contributed by atoms with E-state index < -0.39 is 5.82 Å². The van der Waals surface area contributed by atoms with E-state index in [1.54, 1.807) is 24.3 Å². The van der Waals surface area contributed by atoms with E-state index in [1.165, 1.54) is 18.2 Å². The molecule has 5 heteroatoms. The smallest absolute Gasteiger partial charge is 0.165 e. The predicted molar refractivity (Wildman–Crippen MR) is 81.2 cm³/mol. The summed E-state index contributed by atoms with van der Waals surface area (Å²) in [5, 5.41) is 3.15. The van der Waals surface area contributed by atoms with Crippen LogP contribution in [-0.2, 0) is 6.61 Å². The summed E-state index contributed by atoms with van der Waals surface area (Å²) in [6.07, 6.45) is 0.991. The molecule has 1 aliphatic rings. The Labute approximate surface area is 127 Å². The van der Waals surface area contributed by atoms with Crippen molar-refractivity contribution < 1.29 is 13.5 Å². The summed E-state index contributed by atoms with van der Waals surface area (Å²) in [6.45, 7) is 1.80. The molecule has 0 radical (unpaired) electrons. The molecule has 22 heavy (non-hydrogen) atoms. The van der Waals surface area contributed by atoms with Crippen LogP contribution in [-0.4, -0.2) is 18.9 Å². The van der Waals surface area contributed by atoms with Gasteiger partial charge in [-0.05, 0) is 42.3 Å². The highest BCUT2D eigenvalue weighted by atomic mass is 19.1. The Morgan fingerprint density at radius 2 is 1.91 bits per heavy atom. The van der Waals surface area contributed by atoms with Crippen LogP contribution >= 0.6 is 0 Å². The number of amidine groups is 1. The summed E-state index contributed by atoms with van der Waals surface area (Å²) in [6, 6.07) is 10.7. The average molecular weight is 302 g/mol. The van der Waals surface area contributed by atoms with Crippen molar-refractivity contribution >= 4 is 5.84 Å². The molecule has 0 aromatic heterocycles. The lowest BCUT2D eigenvalue weighted by molar-refractivity contribution is 0.290. The first-order valence-corrected chi connectivity index (χ1v) is 7.18. The van der Waals surface area contributed by atoms with E-state index in [0.717, 1.165) is 30.9 Å². The monoisotopic (exact) mass is 302 g/mol. The molecular weight excluding hydrogens is 286 g/mol. The Morgan fingerprint density at radius 1 is 1.09 bits per heavy atom. The third-order valence-corrected chi connectivity index (χ3v) is 3.41. The lowest BCUT2D eigenvalue weighted by Crippen LogP contribution is -2.30. The van der Waals surface area contributed by atoms with Gasteiger partial charge in [-0.2, -0.15) is 0 Å². The number of rotatable bonds is 4. The van der Waals surface area contributed by atoms with Crippen LogP contribution in [0.1, 0.15) is 17.5 Å². The minimum absolute atomic E-state index is 0.171. The van der Waals surface area contributed by atoms with E-state index in [2.05, 4.69) is 10.3 Å². The van der Waals surface area contributed by atoms with Crippen LogP contribution in [0.4, 0.5) is 8.78 Å². The van der Waals surface area contributed by atoms with Gasteiger partial charge in [0.1, 0.15) is 18.3 Å². The minimum atomic E-state index is -0.435. The third kappa shape index (κ3) is 3.42. The van der Waals surface area contributed by atoms with Crippen LogP contribution in [0.2, 0.25) is 0 Å². The summed E-state index contributed by atoms with van der Waals surface area (Å²) in [4.78, 5) is 4.33. The number of benzene rings is 2. The lowest BCUT2D eigenvalue weighted by Gasteiger charge is -2.15. The first kappa shape index (κ1) is 14.5. The number of aliphatic imine (C=N–C) groups is 1. The SMILES string of the molecule is Fc1ccc(COc2ccc(C3=NCCCN3)cc2F)cc1. The quantitative estimate of drug-likeness (QED) is 0.940. The molecule has 0 saturated heterocycles. The number of hydrogen-bond donors (Lipinski definition) is 1. The van der Waals surface area contributed by atoms with E-state index in [0.29, 0.717) is 5.56 Å². The van der Waals surface area contributed by atoms with Gasteiger partial charge >= 0.3 is 0 Å². The second kappa shape index (κ2) is 6.56. The van der Waals surface area contributed by atoms with Gasteiger partial charge in [0.2, 0.25) is 0 Å². The van der Waals surface area contributed by atoms with Crippen molar-refractivity contribution in [3.8, 4) is 5.75 Å². The van der Waals surface area contributed by atoms with Crippen molar-refractivity contribution in [3.63, 3.8) is 0 Å². The topological polar surface area (TPSA) is 33.6 Å². The molecule has 0 saturated carbocycles. The maximum absolute atomic E-state index is 14.1. The maximum Gasteiger partial charge on any atom is 0.165 e. The van der Waals surface area contributed by atoms with E-state index in [-0.39, 0.29) is 18.2 Å². The molecule has 0 unspecified atom stereocenters. The summed E-state index contributed by atoms with van der Waals surface area (Å²) >= 11 is 0. The van der Waals surface area contributed by atoms with Gasteiger partial charge in [0, 0.05) is 18.7 Å². The summed E-state index contributed by atoms with van der Waals surface area (Å²) in [5.74, 6) is 0.148. The zero-order valence-corrected chi connectivity index (χ0v) is 12.0. The van der Waals surface area contributed by atoms with E-state index >= 15 is 0 Å². The van der Waals surface area contributed by atoms with Gasteiger partial charge in [-0.15, -0.1) is 0 Å². The fourth-order valence-electron chi connectivity index (χ4n) is 2.23. The van der Waals surface area contributed by atoms with Crippen molar-refractivity contribution in [3.05, 3.63) is 65.2 Å². The van der Waals surface area contributed by atoms with Gasteiger partial charge in [-0.1, -0.05) is 12.1 Å². The highest BCUT2D eigenvalue weighted by molar-refractivity contribution is 5.99. The molecule has 3 nitrogen and oxygen atoms in total. The molecule has 0 bridgehead atoms. The van der Waals surface area contributed by atoms with Crippen molar-refractivity contribution in [2.75, 3.05) is 13.1 Å². The Hall–Kier alpha value is -2.43. The van der Waals surface area contributed by atoms with Gasteiger partial charge in [0.25, 0.3) is 0 Å². The van der Waals surface area contributed by atoms with Gasteiger partial charge in [-0.3, -0.25) is 4.99 Å². The molecule has 0 aliphatic carbocycles. The molecule has 0 atom stereocenters. The second-order valence-corrected chi connectivity index (χ2v) is 5.07. The van der Waals surface area contributed by atoms with Crippen molar-refractivity contribution in [2.24, 2.45) is 4.99 Å². The fourth-order valence-corrected chi connectivity index (χ4v) is 2.23. The number of halogens is 2. The average Bonchev–Trinajstić information content (AvgIpc) is 2.56. The maximum atomic E-state index is 14.1. The van der Waals surface area contributed by atoms with E-state index in [1.807, 2.05) is 0 Å². The Kier molecular flexibility index (Phi) is 4.32. The summed E-state index contributed by atoms with van der Waals surface area (Å²) in [7, 11) is 0. The van der Waals surface area contributed by atoms with Crippen LogP contribution in [0.5, 0.6) is 5.75 Å². The van der Waals surface area contributed by atoms with Gasteiger partial charge in [0.15, 0.2) is 11.6 Å². The molecule has 0 spiro atoms.